The number of rotatable bonds is 11. The fourth-order valence-corrected chi connectivity index (χ4v) is 4.75. The minimum Gasteiger partial charge on any atom is -0.354 e. The van der Waals surface area contributed by atoms with Gasteiger partial charge in [-0.05, 0) is 43.5 Å². The monoisotopic (exact) mass is 558 g/mol. The Morgan fingerprint density at radius 2 is 1.83 bits per heavy atom. The van der Waals surface area contributed by atoms with E-state index >= 15 is 0 Å². The van der Waals surface area contributed by atoms with Crippen molar-refractivity contribution in [2.75, 3.05) is 23.7 Å². The number of benzene rings is 2. The molecule has 36 heavy (non-hydrogen) atoms. The zero-order chi connectivity index (χ0) is 27.2. The first-order valence-electron chi connectivity index (χ1n) is 11.0. The van der Waals surface area contributed by atoms with E-state index in [0.29, 0.717) is 29.1 Å². The molecule has 0 fully saturated rings. The molecule has 1 unspecified atom stereocenters. The second kappa shape index (κ2) is 12.4. The SMILES string of the molecule is CCCNC(=O)C(C)N(Cc1ccc(Cl)cc1Cl)C(=O)CN(c1cc([N+](=O)[O-])ccc1C)S(C)(=O)=O. The van der Waals surface area contributed by atoms with Gasteiger partial charge in [-0.2, -0.15) is 0 Å². The van der Waals surface area contributed by atoms with Crippen LogP contribution in [0.3, 0.4) is 0 Å². The van der Waals surface area contributed by atoms with Gasteiger partial charge in [0.15, 0.2) is 0 Å². The largest absolute Gasteiger partial charge is 0.354 e. The van der Waals surface area contributed by atoms with Crippen LogP contribution in [0.1, 0.15) is 31.4 Å². The predicted molar refractivity (Wildman–Crippen MR) is 140 cm³/mol. The lowest BCUT2D eigenvalue weighted by molar-refractivity contribution is -0.384. The van der Waals surface area contributed by atoms with Gasteiger partial charge in [-0.3, -0.25) is 24.0 Å². The number of amides is 2. The maximum Gasteiger partial charge on any atom is 0.271 e. The normalized spacial score (nSPS) is 12.1. The van der Waals surface area contributed by atoms with Gasteiger partial charge in [0.05, 0.1) is 16.9 Å². The molecule has 0 aliphatic rings. The van der Waals surface area contributed by atoms with Gasteiger partial charge in [-0.15, -0.1) is 0 Å². The third-order valence-electron chi connectivity index (χ3n) is 5.42. The summed E-state index contributed by atoms with van der Waals surface area (Å²) in [6.07, 6.45) is 1.58. The number of nitro benzene ring substituents is 1. The van der Waals surface area contributed by atoms with Gasteiger partial charge >= 0.3 is 0 Å². The highest BCUT2D eigenvalue weighted by Crippen LogP contribution is 2.28. The number of hydrogen-bond acceptors (Lipinski definition) is 6. The molecule has 0 aliphatic carbocycles. The zero-order valence-corrected chi connectivity index (χ0v) is 22.7. The summed E-state index contributed by atoms with van der Waals surface area (Å²) in [6, 6.07) is 7.48. The Morgan fingerprint density at radius 1 is 1.17 bits per heavy atom. The summed E-state index contributed by atoms with van der Waals surface area (Å²) in [5, 5.41) is 14.7. The minimum atomic E-state index is -4.04. The average Bonchev–Trinajstić information content (AvgIpc) is 2.79. The first kappa shape index (κ1) is 29.3. The third-order valence-corrected chi connectivity index (χ3v) is 7.14. The Balaban J connectivity index is 2.50. The van der Waals surface area contributed by atoms with E-state index in [1.807, 2.05) is 6.92 Å². The lowest BCUT2D eigenvalue weighted by atomic mass is 10.1. The van der Waals surface area contributed by atoms with Crippen molar-refractivity contribution < 1.29 is 22.9 Å². The maximum atomic E-state index is 13.5. The Morgan fingerprint density at radius 3 is 2.39 bits per heavy atom. The van der Waals surface area contributed by atoms with Crippen molar-refractivity contribution in [3.05, 3.63) is 67.7 Å². The quantitative estimate of drug-likeness (QED) is 0.328. The van der Waals surface area contributed by atoms with E-state index in [0.717, 1.165) is 16.6 Å². The van der Waals surface area contributed by atoms with Crippen molar-refractivity contribution in [1.82, 2.24) is 10.2 Å². The number of anilines is 1. The van der Waals surface area contributed by atoms with Crippen LogP contribution in [0.4, 0.5) is 11.4 Å². The van der Waals surface area contributed by atoms with Crippen LogP contribution in [-0.2, 0) is 26.2 Å². The molecule has 0 aromatic heterocycles. The number of aryl methyl sites for hydroxylation is 1. The van der Waals surface area contributed by atoms with Gasteiger partial charge in [0.2, 0.25) is 21.8 Å². The third kappa shape index (κ3) is 7.55. The number of nitrogens with one attached hydrogen (secondary N) is 1. The number of carbonyl (C=O) groups excluding carboxylic acids is 2. The van der Waals surface area contributed by atoms with Gasteiger partial charge in [0.25, 0.3) is 5.69 Å². The fourth-order valence-electron chi connectivity index (χ4n) is 3.39. The highest BCUT2D eigenvalue weighted by molar-refractivity contribution is 7.92. The molecule has 0 spiro atoms. The summed E-state index contributed by atoms with van der Waals surface area (Å²) in [7, 11) is -4.04. The Labute approximate surface area is 220 Å². The molecule has 0 heterocycles. The van der Waals surface area contributed by atoms with Crippen molar-refractivity contribution in [3.63, 3.8) is 0 Å². The van der Waals surface area contributed by atoms with Gasteiger partial charge in [-0.25, -0.2) is 8.42 Å². The molecule has 0 saturated heterocycles. The second-order valence-electron chi connectivity index (χ2n) is 8.22. The summed E-state index contributed by atoms with van der Waals surface area (Å²) in [5.74, 6) is -1.12. The van der Waals surface area contributed by atoms with Gasteiger partial charge in [0, 0.05) is 35.3 Å². The van der Waals surface area contributed by atoms with Crippen LogP contribution in [0.25, 0.3) is 0 Å². The molecule has 2 rings (SSSR count). The molecule has 196 valence electrons. The predicted octanol–water partition coefficient (Wildman–Crippen LogP) is 3.92. The molecule has 2 amide bonds. The molecule has 13 heteroatoms. The summed E-state index contributed by atoms with van der Waals surface area (Å²) in [5.41, 5.74) is 0.586. The Bertz CT molecular complexity index is 1260. The van der Waals surface area contributed by atoms with Crippen LogP contribution in [0.2, 0.25) is 10.0 Å². The van der Waals surface area contributed by atoms with Gasteiger partial charge in [-0.1, -0.05) is 42.3 Å². The van der Waals surface area contributed by atoms with Crippen LogP contribution in [0.5, 0.6) is 0 Å². The summed E-state index contributed by atoms with van der Waals surface area (Å²) in [4.78, 5) is 38.1. The van der Waals surface area contributed by atoms with Gasteiger partial charge < -0.3 is 10.2 Å². The van der Waals surface area contributed by atoms with Crippen LogP contribution in [-0.4, -0.2) is 55.4 Å². The number of carbonyl (C=O) groups is 2. The van der Waals surface area contributed by atoms with E-state index in [1.54, 1.807) is 19.1 Å². The van der Waals surface area contributed by atoms with E-state index in [4.69, 9.17) is 23.2 Å². The molecular weight excluding hydrogens is 531 g/mol. The minimum absolute atomic E-state index is 0.00684. The van der Waals surface area contributed by atoms with Gasteiger partial charge in [0.1, 0.15) is 12.6 Å². The van der Waals surface area contributed by atoms with Crippen LogP contribution in [0.15, 0.2) is 36.4 Å². The molecule has 0 radical (unpaired) electrons. The highest BCUT2D eigenvalue weighted by Gasteiger charge is 2.31. The number of nitrogens with zero attached hydrogens (tertiary/aromatic N) is 3. The highest BCUT2D eigenvalue weighted by atomic mass is 35.5. The number of non-ortho nitro benzene ring substituents is 1. The number of nitro groups is 1. The van der Waals surface area contributed by atoms with E-state index in [9.17, 15) is 28.1 Å². The Hall–Kier alpha value is -2.89. The molecule has 0 aliphatic heterocycles. The number of sulfonamides is 1. The van der Waals surface area contributed by atoms with Crippen molar-refractivity contribution in [3.8, 4) is 0 Å². The van der Waals surface area contributed by atoms with E-state index in [1.165, 1.54) is 30.0 Å². The van der Waals surface area contributed by atoms with Crippen molar-refractivity contribution in [2.45, 2.75) is 39.8 Å². The first-order valence-corrected chi connectivity index (χ1v) is 13.6. The molecule has 1 atom stereocenters. The molecule has 2 aromatic carbocycles. The van der Waals surface area contributed by atoms with E-state index < -0.39 is 39.3 Å². The average molecular weight is 559 g/mol. The first-order chi connectivity index (χ1) is 16.8. The summed E-state index contributed by atoms with van der Waals surface area (Å²) >= 11 is 12.3. The van der Waals surface area contributed by atoms with Crippen LogP contribution in [0, 0.1) is 17.0 Å². The number of hydrogen-bond donors (Lipinski definition) is 1. The van der Waals surface area contributed by atoms with Crippen molar-refractivity contribution in [1.29, 1.82) is 0 Å². The zero-order valence-electron chi connectivity index (χ0n) is 20.3. The smallest absolute Gasteiger partial charge is 0.271 e. The van der Waals surface area contributed by atoms with E-state index in [2.05, 4.69) is 5.32 Å². The van der Waals surface area contributed by atoms with Crippen molar-refractivity contribution in [2.24, 2.45) is 0 Å². The molecular formula is C23H28Cl2N4O6S. The molecule has 0 bridgehead atoms. The summed E-state index contributed by atoms with van der Waals surface area (Å²) in [6.45, 7) is 4.60. The maximum absolute atomic E-state index is 13.5. The second-order valence-corrected chi connectivity index (χ2v) is 11.0. The van der Waals surface area contributed by atoms with Crippen LogP contribution >= 0.6 is 23.2 Å². The fraction of sp³-hybridized carbons (Fsp3) is 0.391. The molecule has 2 aromatic rings. The molecule has 0 saturated carbocycles. The van der Waals surface area contributed by atoms with E-state index in [-0.39, 0.29) is 22.9 Å². The summed E-state index contributed by atoms with van der Waals surface area (Å²) < 4.78 is 26.2. The molecule has 1 N–H and O–H groups in total. The lowest BCUT2D eigenvalue weighted by Gasteiger charge is -2.32. The number of halogens is 2. The Kier molecular flexibility index (Phi) is 10.1. The van der Waals surface area contributed by atoms with Crippen molar-refractivity contribution >= 4 is 56.4 Å². The topological polar surface area (TPSA) is 130 Å². The molecule has 10 nitrogen and oxygen atoms in total. The van der Waals surface area contributed by atoms with Crippen LogP contribution < -0.4 is 9.62 Å². The standard InChI is InChI=1S/C23H28Cl2N4O6S/c1-5-10-26-23(31)16(3)27(13-17-7-8-18(24)11-20(17)25)22(30)14-28(36(4,34)35)21-12-19(29(32)33)9-6-15(21)2/h6-9,11-12,16H,5,10,13-14H2,1-4H3,(H,26,31). The lowest BCUT2D eigenvalue weighted by Crippen LogP contribution is -2.51.